The molecule has 0 aliphatic heterocycles. The van der Waals surface area contributed by atoms with Crippen LogP contribution >= 0.6 is 0 Å². The van der Waals surface area contributed by atoms with E-state index in [4.69, 9.17) is 7.85 Å². The second-order valence-corrected chi connectivity index (χ2v) is 6.46. The Morgan fingerprint density at radius 2 is 1.71 bits per heavy atom. The molecule has 1 saturated carbocycles. The van der Waals surface area contributed by atoms with Crippen molar-refractivity contribution >= 4 is 30.3 Å². The van der Waals surface area contributed by atoms with Crippen molar-refractivity contribution in [1.29, 1.82) is 0 Å². The third-order valence-corrected chi connectivity index (χ3v) is 4.78. The lowest BCUT2D eigenvalue weighted by atomic mass is 9.85. The molecule has 1 aliphatic rings. The first-order valence-electron chi connectivity index (χ1n) is 8.45. The van der Waals surface area contributed by atoms with Crippen LogP contribution in [0, 0.1) is 5.92 Å². The van der Waals surface area contributed by atoms with Gasteiger partial charge in [0.1, 0.15) is 0 Å². The second kappa shape index (κ2) is 7.52. The molecule has 122 valence electrons. The van der Waals surface area contributed by atoms with Crippen molar-refractivity contribution in [2.75, 3.05) is 6.54 Å². The number of hydrogen-bond donors (Lipinski definition) is 2. The van der Waals surface area contributed by atoms with Crippen molar-refractivity contribution in [2.45, 2.75) is 31.7 Å². The molecule has 2 radical (unpaired) electrons. The number of nitrogens with one attached hydrogen (secondary N) is 2. The summed E-state index contributed by atoms with van der Waals surface area (Å²) in [5, 5.41) is 7.89. The number of hydrogen-bond acceptors (Lipinski definition) is 2. The topological polar surface area (TPSA) is 58.2 Å². The number of carbonyl (C=O) groups is 2. The Balaban J connectivity index is 1.59. The summed E-state index contributed by atoms with van der Waals surface area (Å²) in [5.41, 5.74) is 0.727. The molecule has 3 rings (SSSR count). The maximum atomic E-state index is 12.6. The molecule has 0 saturated heterocycles. The van der Waals surface area contributed by atoms with Crippen molar-refractivity contribution < 1.29 is 9.59 Å². The second-order valence-electron chi connectivity index (χ2n) is 6.46. The third-order valence-electron chi connectivity index (χ3n) is 4.78. The van der Waals surface area contributed by atoms with E-state index in [9.17, 15) is 9.59 Å². The van der Waals surface area contributed by atoms with Crippen LogP contribution in [-0.2, 0) is 0 Å². The number of carbonyl (C=O) groups excluding carboxylic acids is 2. The predicted octanol–water partition coefficient (Wildman–Crippen LogP) is 3.01. The van der Waals surface area contributed by atoms with Crippen molar-refractivity contribution in [3.8, 4) is 0 Å². The van der Waals surface area contributed by atoms with E-state index in [2.05, 4.69) is 10.6 Å². The quantitative estimate of drug-likeness (QED) is 0.851. The van der Waals surface area contributed by atoms with Crippen molar-refractivity contribution in [3.05, 3.63) is 48.0 Å². The molecule has 24 heavy (non-hydrogen) atoms. The molecule has 0 spiro atoms. The van der Waals surface area contributed by atoms with E-state index in [1.807, 2.05) is 42.5 Å². The summed E-state index contributed by atoms with van der Waals surface area (Å²) in [6, 6.07) is 13.9. The summed E-state index contributed by atoms with van der Waals surface area (Å²) in [6.45, 7) is 0.624. The SMILES string of the molecule is [B]C(=O)NCC1CCC(NC(=O)c2cccc3ccccc23)CC1. The summed E-state index contributed by atoms with van der Waals surface area (Å²) in [6.07, 6.45) is 3.84. The highest BCUT2D eigenvalue weighted by molar-refractivity contribution is 6.57. The van der Waals surface area contributed by atoms with Crippen LogP contribution in [0.3, 0.4) is 0 Å². The first kappa shape index (κ1) is 16.6. The van der Waals surface area contributed by atoms with Crippen LogP contribution in [0.4, 0.5) is 4.79 Å². The minimum Gasteiger partial charge on any atom is -0.366 e. The summed E-state index contributed by atoms with van der Waals surface area (Å²) in [4.78, 5) is 23.4. The molecular formula is C19H21BN2O2. The van der Waals surface area contributed by atoms with Crippen LogP contribution < -0.4 is 10.6 Å². The van der Waals surface area contributed by atoms with Gasteiger partial charge in [-0.1, -0.05) is 36.4 Å². The van der Waals surface area contributed by atoms with Gasteiger partial charge < -0.3 is 10.6 Å². The van der Waals surface area contributed by atoms with Gasteiger partial charge in [-0.05, 0) is 48.4 Å². The molecule has 5 heteroatoms. The number of fused-ring (bicyclic) bond motifs is 1. The van der Waals surface area contributed by atoms with E-state index < -0.39 is 5.81 Å². The number of amides is 2. The minimum atomic E-state index is -0.471. The van der Waals surface area contributed by atoms with Crippen LogP contribution in [0.15, 0.2) is 42.5 Å². The maximum Gasteiger partial charge on any atom is 0.252 e. The average molecular weight is 320 g/mol. The highest BCUT2D eigenvalue weighted by Crippen LogP contribution is 2.25. The standard InChI is InChI=1S/C19H21BN2O2/c20-19(24)21-12-13-8-10-15(11-9-13)22-18(23)17-7-3-5-14-4-1-2-6-16(14)17/h1-7,13,15H,8-12H2,(H,21,24)(H,22,23). The highest BCUT2D eigenvalue weighted by atomic mass is 16.2. The molecule has 0 heterocycles. The zero-order valence-corrected chi connectivity index (χ0v) is 13.6. The van der Waals surface area contributed by atoms with Crippen LogP contribution in [0.25, 0.3) is 10.8 Å². The zero-order chi connectivity index (χ0) is 16.9. The van der Waals surface area contributed by atoms with Gasteiger partial charge in [0, 0.05) is 18.2 Å². The Morgan fingerprint density at radius 1 is 1.00 bits per heavy atom. The van der Waals surface area contributed by atoms with Gasteiger partial charge in [-0.15, -0.1) is 0 Å². The lowest BCUT2D eigenvalue weighted by molar-refractivity contribution is 0.0924. The summed E-state index contributed by atoms with van der Waals surface area (Å²) in [5.74, 6) is -0.0323. The Hall–Kier alpha value is -2.30. The highest BCUT2D eigenvalue weighted by Gasteiger charge is 2.23. The lowest BCUT2D eigenvalue weighted by Gasteiger charge is -2.29. The molecule has 1 aliphatic carbocycles. The monoisotopic (exact) mass is 320 g/mol. The first-order valence-corrected chi connectivity index (χ1v) is 8.45. The van der Waals surface area contributed by atoms with E-state index in [-0.39, 0.29) is 11.9 Å². The zero-order valence-electron chi connectivity index (χ0n) is 13.6. The third kappa shape index (κ3) is 3.96. The Bertz CT molecular complexity index is 734. The molecule has 4 nitrogen and oxygen atoms in total. The molecule has 0 atom stereocenters. The summed E-state index contributed by atoms with van der Waals surface area (Å²) < 4.78 is 0. The Kier molecular flexibility index (Phi) is 5.19. The largest absolute Gasteiger partial charge is 0.366 e. The van der Waals surface area contributed by atoms with Crippen LogP contribution in [-0.4, -0.2) is 32.1 Å². The van der Waals surface area contributed by atoms with Gasteiger partial charge in [0.15, 0.2) is 13.7 Å². The van der Waals surface area contributed by atoms with Gasteiger partial charge in [0.25, 0.3) is 5.91 Å². The van der Waals surface area contributed by atoms with Crippen LogP contribution in [0.2, 0.25) is 0 Å². The molecule has 2 aromatic carbocycles. The van der Waals surface area contributed by atoms with Crippen molar-refractivity contribution in [3.63, 3.8) is 0 Å². The molecule has 2 aromatic rings. The smallest absolute Gasteiger partial charge is 0.252 e. The predicted molar refractivity (Wildman–Crippen MR) is 96.3 cm³/mol. The molecule has 0 unspecified atom stereocenters. The molecule has 2 N–H and O–H groups in total. The Labute approximate surface area is 143 Å². The number of rotatable bonds is 4. The van der Waals surface area contributed by atoms with Gasteiger partial charge in [-0.3, -0.25) is 9.59 Å². The van der Waals surface area contributed by atoms with Gasteiger partial charge in [-0.2, -0.15) is 0 Å². The minimum absolute atomic E-state index is 0.00879. The lowest BCUT2D eigenvalue weighted by Crippen LogP contribution is -2.39. The fraction of sp³-hybridized carbons (Fsp3) is 0.368. The summed E-state index contributed by atoms with van der Waals surface area (Å²) >= 11 is 0. The molecule has 1 fully saturated rings. The van der Waals surface area contributed by atoms with Crippen LogP contribution in [0.1, 0.15) is 36.0 Å². The normalized spacial score (nSPS) is 20.5. The molecule has 0 aromatic heterocycles. The van der Waals surface area contributed by atoms with Crippen molar-refractivity contribution in [1.82, 2.24) is 10.6 Å². The van der Waals surface area contributed by atoms with Gasteiger partial charge >= 0.3 is 0 Å². The molecule has 0 bridgehead atoms. The fourth-order valence-electron chi connectivity index (χ4n) is 3.44. The van der Waals surface area contributed by atoms with Crippen LogP contribution in [0.5, 0.6) is 0 Å². The summed E-state index contributed by atoms with van der Waals surface area (Å²) in [7, 11) is 5.11. The Morgan fingerprint density at radius 3 is 2.46 bits per heavy atom. The molecule has 2 amide bonds. The van der Waals surface area contributed by atoms with E-state index in [0.29, 0.717) is 12.5 Å². The maximum absolute atomic E-state index is 12.6. The number of benzene rings is 2. The fourth-order valence-corrected chi connectivity index (χ4v) is 3.44. The first-order chi connectivity index (χ1) is 11.6. The van der Waals surface area contributed by atoms with Gasteiger partial charge in [0.05, 0.1) is 0 Å². The van der Waals surface area contributed by atoms with Crippen molar-refractivity contribution in [2.24, 2.45) is 5.92 Å². The van der Waals surface area contributed by atoms with E-state index in [0.717, 1.165) is 42.0 Å². The van der Waals surface area contributed by atoms with E-state index in [1.54, 1.807) is 0 Å². The van der Waals surface area contributed by atoms with E-state index in [1.165, 1.54) is 0 Å². The average Bonchev–Trinajstić information content (AvgIpc) is 2.60. The van der Waals surface area contributed by atoms with E-state index >= 15 is 0 Å². The van der Waals surface area contributed by atoms with Gasteiger partial charge in [0.2, 0.25) is 0 Å². The van der Waals surface area contributed by atoms with Gasteiger partial charge in [-0.25, -0.2) is 0 Å². The molecular weight excluding hydrogens is 299 g/mol.